The summed E-state index contributed by atoms with van der Waals surface area (Å²) in [4.78, 5) is 45.3. The summed E-state index contributed by atoms with van der Waals surface area (Å²) in [6, 6.07) is 37.5. The number of urea groups is 1. The third-order valence-corrected chi connectivity index (χ3v) is 22.2. The Morgan fingerprint density at radius 2 is 1.17 bits per heavy atom. The molecule has 5 aromatic carbocycles. The molecule has 5 aliphatic heterocycles. The van der Waals surface area contributed by atoms with Gasteiger partial charge < -0.3 is 34.9 Å². The molecule has 14 rings (SSSR count). The molecule has 6 heterocycles. The molecule has 0 saturated carbocycles. The minimum absolute atomic E-state index is 0.0916. The van der Waals surface area contributed by atoms with Crippen LogP contribution in [-0.4, -0.2) is 122 Å². The lowest BCUT2D eigenvalue weighted by Gasteiger charge is -2.34. The van der Waals surface area contributed by atoms with Gasteiger partial charge in [-0.15, -0.1) is 0 Å². The number of hydrogen-bond acceptors (Lipinski definition) is 7. The fourth-order valence-electron chi connectivity index (χ4n) is 15.3. The lowest BCUT2D eigenvalue weighted by atomic mass is 9.84. The third-order valence-electron chi connectivity index (χ3n) is 20.1. The highest BCUT2D eigenvalue weighted by atomic mass is 32.2. The minimum atomic E-state index is -3.40. The molecule has 1 atom stereocenters. The Bertz CT molecular complexity index is 3730. The van der Waals surface area contributed by atoms with Gasteiger partial charge in [-0.1, -0.05) is 122 Å². The van der Waals surface area contributed by atoms with Gasteiger partial charge in [0.15, 0.2) is 0 Å². The molecule has 1 aromatic heterocycles. The number of amides is 4. The number of rotatable bonds is 9. The summed E-state index contributed by atoms with van der Waals surface area (Å²) in [5.74, 6) is 3.64. The van der Waals surface area contributed by atoms with Crippen LogP contribution in [0.5, 0.6) is 5.75 Å². The summed E-state index contributed by atoms with van der Waals surface area (Å²) >= 11 is 0. The number of aromatic nitrogens is 1. The molecule has 6 aromatic rings. The van der Waals surface area contributed by atoms with E-state index in [0.717, 1.165) is 152 Å². The van der Waals surface area contributed by atoms with Crippen molar-refractivity contribution in [1.29, 1.82) is 0 Å². The van der Waals surface area contributed by atoms with Crippen LogP contribution < -0.4 is 10.5 Å². The van der Waals surface area contributed by atoms with Gasteiger partial charge in [-0.25, -0.2) is 13.2 Å². The SMILES string of the molecule is CC1=C(C2CCN(C(=O)C3CCCO3)CC2)c2ccccc2C1.COc1ccc2[nH]cc(C3CCN(C(=O)C(C)C)CC3)c2c1.Cc1ccc(S(=O)(=O)N2CCC(C3=CCc4ccccc43)CC2)c(C)c1.NC(=O)N1CCC(C2=CCc3ccccc32)CC1. The number of primary amides is 1. The lowest BCUT2D eigenvalue weighted by Crippen LogP contribution is -2.43. The van der Waals surface area contributed by atoms with Gasteiger partial charge in [-0.2, -0.15) is 4.31 Å². The van der Waals surface area contributed by atoms with Crippen LogP contribution in [0.3, 0.4) is 0 Å². The molecule has 89 heavy (non-hydrogen) atoms. The van der Waals surface area contributed by atoms with Gasteiger partial charge in [0.2, 0.25) is 15.9 Å². The number of aromatic amines is 1. The van der Waals surface area contributed by atoms with E-state index in [0.29, 0.717) is 41.7 Å². The molecule has 5 fully saturated rings. The topological polar surface area (TPSA) is 159 Å². The number of piperidine rings is 4. The normalized spacial score (nSPS) is 19.9. The highest BCUT2D eigenvalue weighted by Crippen LogP contribution is 2.43. The number of hydrogen-bond donors (Lipinski definition) is 2. The predicted molar refractivity (Wildman–Crippen MR) is 357 cm³/mol. The number of aryl methyl sites for hydroxylation is 2. The summed E-state index contributed by atoms with van der Waals surface area (Å²) in [5, 5.41) is 1.24. The van der Waals surface area contributed by atoms with Crippen molar-refractivity contribution in [2.24, 2.45) is 29.4 Å². The van der Waals surface area contributed by atoms with Crippen molar-refractivity contribution < 1.29 is 32.3 Å². The van der Waals surface area contributed by atoms with Gasteiger partial charge in [-0.3, -0.25) is 9.59 Å². The maximum absolute atomic E-state index is 13.1. The zero-order chi connectivity index (χ0) is 62.3. The van der Waals surface area contributed by atoms with E-state index in [1.54, 1.807) is 28.0 Å². The smallest absolute Gasteiger partial charge is 0.314 e. The van der Waals surface area contributed by atoms with Crippen LogP contribution in [0.15, 0.2) is 138 Å². The Labute approximate surface area is 528 Å². The number of likely N-dealkylation sites (tertiary alicyclic amines) is 3. The van der Waals surface area contributed by atoms with E-state index in [1.807, 2.05) is 55.7 Å². The molecule has 3 aliphatic carbocycles. The molecule has 13 nitrogen and oxygen atoms in total. The number of benzene rings is 5. The van der Waals surface area contributed by atoms with Gasteiger partial charge in [0, 0.05) is 82.0 Å². The fourth-order valence-corrected chi connectivity index (χ4v) is 17.0. The van der Waals surface area contributed by atoms with Crippen molar-refractivity contribution in [2.75, 3.05) is 66.1 Å². The Hall–Kier alpha value is -7.26. The number of carbonyl (C=O) groups is 3. The fraction of sp³-hybridized carbons (Fsp3) is 0.453. The molecular weight excluding hydrogens is 1130 g/mol. The van der Waals surface area contributed by atoms with Crippen molar-refractivity contribution in [3.05, 3.63) is 183 Å². The molecule has 0 spiro atoms. The highest BCUT2D eigenvalue weighted by molar-refractivity contribution is 7.89. The number of ether oxygens (including phenoxy) is 2. The molecule has 8 aliphatic rings. The van der Waals surface area contributed by atoms with Crippen molar-refractivity contribution in [3.63, 3.8) is 0 Å². The number of H-pyrrole nitrogens is 1. The first kappa shape index (κ1) is 63.3. The summed E-state index contributed by atoms with van der Waals surface area (Å²) in [6.45, 7) is 17.1. The second-order valence-corrected chi connectivity index (χ2v) is 28.0. The number of methoxy groups -OCH3 is 1. The molecule has 470 valence electrons. The van der Waals surface area contributed by atoms with Crippen molar-refractivity contribution in [2.45, 2.75) is 135 Å². The average molecular weight is 1220 g/mol. The van der Waals surface area contributed by atoms with Gasteiger partial charge in [0.1, 0.15) is 11.9 Å². The number of fused-ring (bicyclic) bond motifs is 4. The number of carbonyl (C=O) groups excluding carboxylic acids is 3. The number of allylic oxidation sites excluding steroid dienone is 6. The Morgan fingerprint density at radius 1 is 0.618 bits per heavy atom. The molecule has 14 heteroatoms. The third kappa shape index (κ3) is 14.2. The predicted octanol–water partition coefficient (Wildman–Crippen LogP) is 13.7. The second-order valence-electron chi connectivity index (χ2n) is 26.1. The zero-order valence-electron chi connectivity index (χ0n) is 53.3. The summed E-state index contributed by atoms with van der Waals surface area (Å²) in [7, 11) is -1.71. The lowest BCUT2D eigenvalue weighted by molar-refractivity contribution is -0.142. The maximum atomic E-state index is 13.1. The standard InChI is InChI=1S/C22H25NO2S.C20H25NO2.C18H24N2O2.C15H18N2O/c1-16-7-10-22(17(2)15-16)26(24,25)23-13-11-19(12-14-23)21-9-8-18-5-3-4-6-20(18)21;1-14-13-16-5-2-3-6-17(16)19(14)15-8-10-21(11-9-15)20(22)18-7-4-12-23-18;1-12(2)18(21)20-8-6-13(7-9-20)16-11-19-17-5-4-14(22-3)10-15(16)17;16-15(18)17-9-7-12(8-10-17)14-6-5-11-3-1-2-4-13(11)14/h3-7,9-10,15,19H,8,11-14H2,1-2H3;2-3,5-6,15,18H,4,7-13H2,1H3;4-5,10-13,19H,6-9H2,1-3H3;1-4,6,12H,5,7-10H2,(H2,16,18). The van der Waals surface area contributed by atoms with Gasteiger partial charge in [0.05, 0.1) is 12.0 Å². The van der Waals surface area contributed by atoms with E-state index < -0.39 is 10.0 Å². The minimum Gasteiger partial charge on any atom is -0.497 e. The van der Waals surface area contributed by atoms with Gasteiger partial charge in [-0.05, 0) is 213 Å². The first-order chi connectivity index (χ1) is 43.1. The molecule has 0 bridgehead atoms. The number of nitrogens with one attached hydrogen (secondary N) is 1. The quantitative estimate of drug-likeness (QED) is 0.146. The van der Waals surface area contributed by atoms with Crippen LogP contribution in [0.4, 0.5) is 4.79 Å². The van der Waals surface area contributed by atoms with Gasteiger partial charge >= 0.3 is 6.03 Å². The Kier molecular flexibility index (Phi) is 20.1. The van der Waals surface area contributed by atoms with E-state index in [1.165, 1.54) is 61.0 Å². The highest BCUT2D eigenvalue weighted by Gasteiger charge is 2.36. The molecule has 1 unspecified atom stereocenters. The van der Waals surface area contributed by atoms with E-state index in [9.17, 15) is 22.8 Å². The van der Waals surface area contributed by atoms with Crippen LogP contribution in [0.25, 0.3) is 27.6 Å². The molecule has 0 radical (unpaired) electrons. The summed E-state index contributed by atoms with van der Waals surface area (Å²) < 4.78 is 38.7. The number of nitrogens with zero attached hydrogens (tertiary/aromatic N) is 4. The first-order valence-corrected chi connectivity index (χ1v) is 34.3. The monoisotopic (exact) mass is 1220 g/mol. The van der Waals surface area contributed by atoms with E-state index in [4.69, 9.17) is 15.2 Å². The van der Waals surface area contributed by atoms with Crippen LogP contribution in [0.2, 0.25) is 0 Å². The van der Waals surface area contributed by atoms with Crippen molar-refractivity contribution in [3.8, 4) is 5.75 Å². The van der Waals surface area contributed by atoms with E-state index >= 15 is 0 Å². The number of sulfonamides is 1. The second kappa shape index (κ2) is 28.3. The van der Waals surface area contributed by atoms with Crippen LogP contribution in [0.1, 0.15) is 141 Å². The molecule has 5 saturated heterocycles. The van der Waals surface area contributed by atoms with Crippen LogP contribution in [0, 0.1) is 37.5 Å². The van der Waals surface area contributed by atoms with Crippen LogP contribution >= 0.6 is 0 Å². The molecule has 3 N–H and O–H groups in total. The van der Waals surface area contributed by atoms with Crippen molar-refractivity contribution >= 4 is 55.5 Å². The first-order valence-electron chi connectivity index (χ1n) is 32.9. The molecule has 4 amide bonds. The molecular formula is C75H92N6O7S. The Balaban J connectivity index is 0.000000123. The van der Waals surface area contributed by atoms with Gasteiger partial charge in [0.25, 0.3) is 5.91 Å². The summed E-state index contributed by atoms with van der Waals surface area (Å²) in [5.41, 5.74) is 24.3. The average Bonchev–Trinajstić information content (AvgIpc) is 1.95. The van der Waals surface area contributed by atoms with E-state index in [-0.39, 0.29) is 29.9 Å². The number of nitrogens with two attached hydrogens (primary N) is 1. The summed E-state index contributed by atoms with van der Waals surface area (Å²) in [6.07, 6.45) is 19.8. The van der Waals surface area contributed by atoms with E-state index in [2.05, 4.69) is 115 Å². The largest absolute Gasteiger partial charge is 0.497 e. The Morgan fingerprint density at radius 3 is 1.74 bits per heavy atom. The van der Waals surface area contributed by atoms with Crippen molar-refractivity contribution in [1.82, 2.24) is 24.0 Å². The maximum Gasteiger partial charge on any atom is 0.314 e. The van der Waals surface area contributed by atoms with Crippen LogP contribution in [-0.2, 0) is 43.6 Å². The zero-order valence-corrected chi connectivity index (χ0v) is 54.1.